The van der Waals surface area contributed by atoms with Gasteiger partial charge in [-0.2, -0.15) is 0 Å². The first-order chi connectivity index (χ1) is 19.0. The lowest BCUT2D eigenvalue weighted by Gasteiger charge is -2.34. The summed E-state index contributed by atoms with van der Waals surface area (Å²) in [6, 6.07) is 18.0. The number of nitrogens with zero attached hydrogens (tertiary/aromatic N) is 2. The first-order valence-corrected chi connectivity index (χ1v) is 14.9. The van der Waals surface area contributed by atoms with Crippen molar-refractivity contribution in [1.29, 1.82) is 0 Å². The zero-order valence-corrected chi connectivity index (χ0v) is 24.5. The van der Waals surface area contributed by atoms with Crippen molar-refractivity contribution in [2.24, 2.45) is 0 Å². The van der Waals surface area contributed by atoms with Crippen molar-refractivity contribution >= 4 is 27.5 Å². The van der Waals surface area contributed by atoms with Gasteiger partial charge in [-0.25, -0.2) is 12.8 Å². The van der Waals surface area contributed by atoms with E-state index in [4.69, 9.17) is 0 Å². The Morgan fingerprint density at radius 1 is 0.925 bits per heavy atom. The first-order valence-electron chi connectivity index (χ1n) is 13.5. The lowest BCUT2D eigenvalue weighted by atomic mass is 10.1. The number of rotatable bonds is 12. The van der Waals surface area contributed by atoms with Gasteiger partial charge in [-0.15, -0.1) is 0 Å². The molecule has 0 saturated heterocycles. The minimum Gasteiger partial charge on any atom is -0.352 e. The molecule has 0 saturated carbocycles. The number of carbonyl (C=O) groups excluding carboxylic acids is 2. The summed E-state index contributed by atoms with van der Waals surface area (Å²) in [7, 11) is -4.14. The molecule has 0 bridgehead atoms. The molecule has 3 rings (SSSR count). The average molecular weight is 568 g/mol. The van der Waals surface area contributed by atoms with Crippen molar-refractivity contribution in [3.8, 4) is 0 Å². The molecule has 0 aliphatic carbocycles. The zero-order chi connectivity index (χ0) is 29.4. The van der Waals surface area contributed by atoms with Crippen molar-refractivity contribution in [1.82, 2.24) is 10.2 Å². The van der Waals surface area contributed by atoms with Crippen LogP contribution in [0.1, 0.15) is 50.3 Å². The Bertz CT molecular complexity index is 1410. The van der Waals surface area contributed by atoms with E-state index in [0.29, 0.717) is 29.7 Å². The highest BCUT2D eigenvalue weighted by Crippen LogP contribution is 2.28. The Morgan fingerprint density at radius 3 is 2.15 bits per heavy atom. The first kappa shape index (κ1) is 30.8. The number of aryl methyl sites for hydroxylation is 2. The summed E-state index contributed by atoms with van der Waals surface area (Å²) in [5.74, 6) is -1.29. The van der Waals surface area contributed by atoms with Crippen LogP contribution in [0.4, 0.5) is 10.1 Å². The Hall–Kier alpha value is -3.72. The monoisotopic (exact) mass is 567 g/mol. The van der Waals surface area contributed by atoms with Crippen LogP contribution in [0.15, 0.2) is 77.7 Å². The van der Waals surface area contributed by atoms with Crippen molar-refractivity contribution in [3.63, 3.8) is 0 Å². The lowest BCUT2D eigenvalue weighted by molar-refractivity contribution is -0.140. The third-order valence-electron chi connectivity index (χ3n) is 6.88. The van der Waals surface area contributed by atoms with Gasteiger partial charge in [0.15, 0.2) is 0 Å². The maximum atomic E-state index is 14.1. The van der Waals surface area contributed by atoms with E-state index in [0.717, 1.165) is 9.87 Å². The number of hydrogen-bond donors (Lipinski definition) is 1. The molecule has 3 aromatic rings. The predicted octanol–water partition coefficient (Wildman–Crippen LogP) is 5.36. The highest BCUT2D eigenvalue weighted by atomic mass is 32.2. The minimum atomic E-state index is -4.14. The fraction of sp³-hybridized carbons (Fsp3) is 0.355. The topological polar surface area (TPSA) is 86.8 Å². The zero-order valence-electron chi connectivity index (χ0n) is 23.7. The number of carbonyl (C=O) groups is 2. The Balaban J connectivity index is 2.07. The largest absolute Gasteiger partial charge is 0.352 e. The average Bonchev–Trinajstić information content (AvgIpc) is 2.93. The van der Waals surface area contributed by atoms with E-state index in [2.05, 4.69) is 5.32 Å². The maximum Gasteiger partial charge on any atom is 0.264 e. The van der Waals surface area contributed by atoms with E-state index < -0.39 is 34.3 Å². The second-order valence-electron chi connectivity index (χ2n) is 10.0. The van der Waals surface area contributed by atoms with E-state index in [1.54, 1.807) is 56.3 Å². The van der Waals surface area contributed by atoms with Crippen LogP contribution in [-0.4, -0.2) is 43.8 Å². The smallest absolute Gasteiger partial charge is 0.264 e. The van der Waals surface area contributed by atoms with Crippen molar-refractivity contribution < 1.29 is 22.4 Å². The molecule has 0 heterocycles. The fourth-order valence-corrected chi connectivity index (χ4v) is 5.97. The molecule has 40 heavy (non-hydrogen) atoms. The van der Waals surface area contributed by atoms with Gasteiger partial charge >= 0.3 is 0 Å². The van der Waals surface area contributed by atoms with Gasteiger partial charge in [0, 0.05) is 12.6 Å². The van der Waals surface area contributed by atoms with E-state index in [-0.39, 0.29) is 23.4 Å². The molecule has 9 heteroatoms. The van der Waals surface area contributed by atoms with Crippen molar-refractivity contribution in [2.45, 2.75) is 71.0 Å². The molecule has 2 amide bonds. The fourth-order valence-electron chi connectivity index (χ4n) is 4.47. The molecule has 0 spiro atoms. The Morgan fingerprint density at radius 2 is 1.57 bits per heavy atom. The van der Waals surface area contributed by atoms with Gasteiger partial charge in [-0.1, -0.05) is 61.9 Å². The summed E-state index contributed by atoms with van der Waals surface area (Å²) in [5, 5.41) is 2.94. The number of benzene rings is 3. The molecule has 2 unspecified atom stereocenters. The molecule has 0 radical (unpaired) electrons. The SMILES string of the molecule is CCC(C)NC(=O)C(CC)N(Cc1ccc(F)cc1)C(=O)CN(c1ccc(C)cc1C)S(=O)(=O)c1ccccc1. The second kappa shape index (κ2) is 13.6. The van der Waals surface area contributed by atoms with E-state index in [9.17, 15) is 22.4 Å². The molecule has 214 valence electrons. The van der Waals surface area contributed by atoms with Crippen LogP contribution in [0.2, 0.25) is 0 Å². The van der Waals surface area contributed by atoms with Gasteiger partial charge in [-0.3, -0.25) is 13.9 Å². The normalized spacial score (nSPS) is 12.8. The summed E-state index contributed by atoms with van der Waals surface area (Å²) in [5.41, 5.74) is 2.64. The second-order valence-corrected chi connectivity index (χ2v) is 11.9. The summed E-state index contributed by atoms with van der Waals surface area (Å²) < 4.78 is 42.6. The molecule has 0 aromatic heterocycles. The summed E-state index contributed by atoms with van der Waals surface area (Å²) in [4.78, 5) is 28.8. The van der Waals surface area contributed by atoms with Crippen LogP contribution in [0.25, 0.3) is 0 Å². The van der Waals surface area contributed by atoms with Crippen LogP contribution in [0.5, 0.6) is 0 Å². The molecule has 0 aliphatic rings. The van der Waals surface area contributed by atoms with Gasteiger partial charge in [0.1, 0.15) is 18.4 Å². The van der Waals surface area contributed by atoms with Crippen LogP contribution < -0.4 is 9.62 Å². The predicted molar refractivity (Wildman–Crippen MR) is 156 cm³/mol. The van der Waals surface area contributed by atoms with Gasteiger partial charge in [0.25, 0.3) is 10.0 Å². The molecule has 7 nitrogen and oxygen atoms in total. The number of hydrogen-bond acceptors (Lipinski definition) is 4. The highest BCUT2D eigenvalue weighted by molar-refractivity contribution is 7.92. The number of anilines is 1. The maximum absolute atomic E-state index is 14.1. The summed E-state index contributed by atoms with van der Waals surface area (Å²) in [6.07, 6.45) is 1.02. The van der Waals surface area contributed by atoms with Crippen LogP contribution >= 0.6 is 0 Å². The van der Waals surface area contributed by atoms with Crippen LogP contribution in [-0.2, 0) is 26.2 Å². The summed E-state index contributed by atoms with van der Waals surface area (Å²) in [6.45, 7) is 8.82. The molecule has 2 atom stereocenters. The number of amides is 2. The highest BCUT2D eigenvalue weighted by Gasteiger charge is 2.34. The van der Waals surface area contributed by atoms with Crippen molar-refractivity contribution in [3.05, 3.63) is 95.3 Å². The number of halogens is 1. The third-order valence-corrected chi connectivity index (χ3v) is 8.66. The van der Waals surface area contributed by atoms with Crippen molar-refractivity contribution in [2.75, 3.05) is 10.8 Å². The van der Waals surface area contributed by atoms with Gasteiger partial charge in [0.05, 0.1) is 10.6 Å². The van der Waals surface area contributed by atoms with Gasteiger partial charge in [-0.05, 0) is 75.1 Å². The number of nitrogens with one attached hydrogen (secondary N) is 1. The molecule has 1 N–H and O–H groups in total. The van der Waals surface area contributed by atoms with E-state index >= 15 is 0 Å². The standard InChI is InChI=1S/C31H38FN3O4S/c1-6-24(5)33-31(37)28(7-2)34(20-25-14-16-26(32)17-15-25)30(36)21-35(29-18-13-22(3)19-23(29)4)40(38,39)27-11-9-8-10-12-27/h8-19,24,28H,6-7,20-21H2,1-5H3,(H,33,37). The lowest BCUT2D eigenvalue weighted by Crippen LogP contribution is -2.53. The summed E-state index contributed by atoms with van der Waals surface area (Å²) >= 11 is 0. The molecular formula is C31H38FN3O4S. The van der Waals surface area contributed by atoms with Gasteiger partial charge in [0.2, 0.25) is 11.8 Å². The molecule has 0 fully saturated rings. The number of sulfonamides is 1. The van der Waals surface area contributed by atoms with Crippen LogP contribution in [0, 0.1) is 19.7 Å². The third kappa shape index (κ3) is 7.47. The van der Waals surface area contributed by atoms with E-state index in [1.165, 1.54) is 29.2 Å². The molecular weight excluding hydrogens is 529 g/mol. The van der Waals surface area contributed by atoms with E-state index in [1.807, 2.05) is 26.8 Å². The van der Waals surface area contributed by atoms with Crippen LogP contribution in [0.3, 0.4) is 0 Å². The Kier molecular flexibility index (Phi) is 10.5. The minimum absolute atomic E-state index is 0.0116. The quantitative estimate of drug-likeness (QED) is 0.319. The molecule has 3 aromatic carbocycles. The molecule has 0 aliphatic heterocycles. The van der Waals surface area contributed by atoms with Gasteiger partial charge < -0.3 is 10.2 Å². The Labute approximate surface area is 237 Å².